The van der Waals surface area contributed by atoms with E-state index in [0.717, 1.165) is 5.69 Å². The molecule has 1 fully saturated rings. The van der Waals surface area contributed by atoms with Crippen molar-refractivity contribution < 1.29 is 24.5 Å². The van der Waals surface area contributed by atoms with Gasteiger partial charge in [-0.05, 0) is 60.2 Å². The van der Waals surface area contributed by atoms with Gasteiger partial charge in [-0.3, -0.25) is 14.5 Å². The summed E-state index contributed by atoms with van der Waals surface area (Å²) < 4.78 is 5.67. The second-order valence-corrected chi connectivity index (χ2v) is 8.63. The third-order valence-corrected chi connectivity index (χ3v) is 6.32. The summed E-state index contributed by atoms with van der Waals surface area (Å²) in [6, 6.07) is 17.0. The number of anilines is 2. The molecule has 1 unspecified atom stereocenters. The molecule has 0 aromatic heterocycles. The molecule has 34 heavy (non-hydrogen) atoms. The number of hydrogen-bond acceptors (Lipinski definition) is 6. The van der Waals surface area contributed by atoms with Crippen LogP contribution in [0.25, 0.3) is 5.76 Å². The first-order chi connectivity index (χ1) is 16.3. The fourth-order valence-corrected chi connectivity index (χ4v) is 4.49. The Bertz CT molecular complexity index is 1340. The largest absolute Gasteiger partial charge is 0.508 e. The van der Waals surface area contributed by atoms with Gasteiger partial charge in [-0.2, -0.15) is 0 Å². The molecule has 7 nitrogen and oxygen atoms in total. The summed E-state index contributed by atoms with van der Waals surface area (Å²) >= 11 is 6.02. The number of phenolic OH excluding ortho intramolecular Hbond substituents is 1. The van der Waals surface area contributed by atoms with E-state index >= 15 is 0 Å². The molecule has 5 rings (SSSR count). The molecule has 3 aromatic carbocycles. The average Bonchev–Trinajstić information content (AvgIpc) is 3.10. The first-order valence-electron chi connectivity index (χ1n) is 10.7. The van der Waals surface area contributed by atoms with Crippen molar-refractivity contribution >= 4 is 40.4 Å². The minimum Gasteiger partial charge on any atom is -0.508 e. The van der Waals surface area contributed by atoms with Crippen LogP contribution < -0.4 is 14.5 Å². The molecule has 1 saturated heterocycles. The Balaban J connectivity index is 1.70. The molecule has 1 atom stereocenters. The van der Waals surface area contributed by atoms with Crippen molar-refractivity contribution in [1.29, 1.82) is 0 Å². The van der Waals surface area contributed by atoms with Gasteiger partial charge in [0.05, 0.1) is 23.8 Å². The number of rotatable bonds is 3. The van der Waals surface area contributed by atoms with Gasteiger partial charge in [0.2, 0.25) is 0 Å². The summed E-state index contributed by atoms with van der Waals surface area (Å²) in [6.45, 7) is 1.24. The minimum absolute atomic E-state index is 0.0215. The lowest BCUT2D eigenvalue weighted by molar-refractivity contribution is -0.132. The number of Topliss-reactive ketones (excluding diaryl/α,β-unsaturated/α-hetero) is 1. The molecule has 0 radical (unpaired) electrons. The van der Waals surface area contributed by atoms with Crippen LogP contribution in [0.5, 0.6) is 11.5 Å². The van der Waals surface area contributed by atoms with Crippen LogP contribution in [-0.4, -0.2) is 42.1 Å². The molecule has 3 aromatic rings. The molecule has 0 aliphatic carbocycles. The normalized spacial score (nSPS) is 19.2. The molecule has 0 spiro atoms. The standard InChI is InChI=1S/C26H21ClN2O5/c1-28-11-12-34-21-10-5-16(14-20(21)28)24(31)22-23(15-3-2-4-19(30)13-15)29(26(33)25(22)32)18-8-6-17(27)7-9-18/h2-10,13-14,23,30-31H,11-12H2,1H3/b24-22-. The first kappa shape index (κ1) is 21.9. The minimum atomic E-state index is -0.946. The second kappa shape index (κ2) is 8.43. The molecule has 2 aliphatic rings. The second-order valence-electron chi connectivity index (χ2n) is 8.19. The van der Waals surface area contributed by atoms with E-state index in [-0.39, 0.29) is 17.1 Å². The number of hydrogen-bond donors (Lipinski definition) is 2. The van der Waals surface area contributed by atoms with Crippen molar-refractivity contribution in [1.82, 2.24) is 0 Å². The van der Waals surface area contributed by atoms with Gasteiger partial charge in [-0.25, -0.2) is 0 Å². The summed E-state index contributed by atoms with van der Waals surface area (Å²) in [7, 11) is 1.91. The van der Waals surface area contributed by atoms with Crippen molar-refractivity contribution in [3.05, 3.63) is 88.5 Å². The van der Waals surface area contributed by atoms with E-state index in [1.165, 1.54) is 17.0 Å². The third-order valence-electron chi connectivity index (χ3n) is 6.06. The zero-order valence-electron chi connectivity index (χ0n) is 18.2. The van der Waals surface area contributed by atoms with Gasteiger partial charge in [0.25, 0.3) is 11.7 Å². The van der Waals surface area contributed by atoms with Crippen molar-refractivity contribution in [2.75, 3.05) is 30.0 Å². The van der Waals surface area contributed by atoms with Gasteiger partial charge < -0.3 is 19.8 Å². The Morgan fingerprint density at radius 1 is 1.06 bits per heavy atom. The predicted molar refractivity (Wildman–Crippen MR) is 130 cm³/mol. The highest BCUT2D eigenvalue weighted by Crippen LogP contribution is 2.44. The molecule has 0 saturated carbocycles. The van der Waals surface area contributed by atoms with E-state index in [1.54, 1.807) is 54.6 Å². The van der Waals surface area contributed by atoms with E-state index < -0.39 is 17.7 Å². The van der Waals surface area contributed by atoms with Crippen LogP contribution in [0.4, 0.5) is 11.4 Å². The van der Waals surface area contributed by atoms with Gasteiger partial charge in [0, 0.05) is 23.3 Å². The van der Waals surface area contributed by atoms with Crippen molar-refractivity contribution in [3.63, 3.8) is 0 Å². The number of fused-ring (bicyclic) bond motifs is 1. The van der Waals surface area contributed by atoms with Crippen LogP contribution >= 0.6 is 11.6 Å². The van der Waals surface area contributed by atoms with Gasteiger partial charge in [-0.15, -0.1) is 0 Å². The molecule has 2 aliphatic heterocycles. The summed E-state index contributed by atoms with van der Waals surface area (Å²) in [5.74, 6) is -1.24. The number of phenols is 1. The van der Waals surface area contributed by atoms with E-state index in [1.807, 2.05) is 11.9 Å². The van der Waals surface area contributed by atoms with E-state index in [9.17, 15) is 19.8 Å². The Labute approximate surface area is 201 Å². The number of aromatic hydroxyl groups is 1. The Hall–Kier alpha value is -3.97. The molecule has 172 valence electrons. The van der Waals surface area contributed by atoms with Crippen LogP contribution in [-0.2, 0) is 9.59 Å². The van der Waals surface area contributed by atoms with E-state index in [4.69, 9.17) is 16.3 Å². The molecule has 2 N–H and O–H groups in total. The number of carbonyl (C=O) groups is 2. The lowest BCUT2D eigenvalue weighted by Crippen LogP contribution is -2.29. The van der Waals surface area contributed by atoms with E-state index in [0.29, 0.717) is 40.7 Å². The van der Waals surface area contributed by atoms with Crippen LogP contribution in [0, 0.1) is 0 Å². The first-order valence-corrected chi connectivity index (χ1v) is 11.1. The number of nitrogens with zero attached hydrogens (tertiary/aromatic N) is 2. The van der Waals surface area contributed by atoms with Gasteiger partial charge in [-0.1, -0.05) is 23.7 Å². The van der Waals surface area contributed by atoms with Crippen LogP contribution in [0.1, 0.15) is 17.2 Å². The van der Waals surface area contributed by atoms with Crippen LogP contribution in [0.2, 0.25) is 5.02 Å². The number of ether oxygens (including phenoxy) is 1. The summed E-state index contributed by atoms with van der Waals surface area (Å²) in [6.07, 6.45) is 0. The number of benzene rings is 3. The topological polar surface area (TPSA) is 90.3 Å². The highest BCUT2D eigenvalue weighted by molar-refractivity contribution is 6.51. The number of likely N-dealkylation sites (N-methyl/N-ethyl adjacent to an activating group) is 1. The smallest absolute Gasteiger partial charge is 0.300 e. The molecule has 8 heteroatoms. The summed E-state index contributed by atoms with van der Waals surface area (Å²) in [4.78, 5) is 29.8. The number of carbonyl (C=O) groups excluding carboxylic acids is 2. The quantitative estimate of drug-likeness (QED) is 0.328. The fraction of sp³-hybridized carbons (Fsp3) is 0.154. The number of amides is 1. The maximum absolute atomic E-state index is 13.3. The number of aliphatic hydroxyl groups is 1. The van der Waals surface area contributed by atoms with Gasteiger partial charge in [0.1, 0.15) is 23.9 Å². The third kappa shape index (κ3) is 3.64. The van der Waals surface area contributed by atoms with E-state index in [2.05, 4.69) is 0 Å². The summed E-state index contributed by atoms with van der Waals surface area (Å²) in [5, 5.41) is 21.9. The van der Waals surface area contributed by atoms with Gasteiger partial charge >= 0.3 is 0 Å². The van der Waals surface area contributed by atoms with Crippen molar-refractivity contribution in [2.45, 2.75) is 6.04 Å². The fourth-order valence-electron chi connectivity index (χ4n) is 4.36. The lowest BCUT2D eigenvalue weighted by Gasteiger charge is -2.28. The maximum atomic E-state index is 13.3. The molecule has 1 amide bonds. The molecular weight excluding hydrogens is 456 g/mol. The zero-order chi connectivity index (χ0) is 24.0. The summed E-state index contributed by atoms with van der Waals surface area (Å²) in [5.41, 5.74) is 2.02. The SMILES string of the molecule is CN1CCOc2ccc(/C(O)=C3/C(=O)C(=O)N(c4ccc(Cl)cc4)C3c3cccc(O)c3)cc21. The predicted octanol–water partition coefficient (Wildman–Crippen LogP) is 4.50. The number of halogens is 1. The molecule has 2 heterocycles. The van der Waals surface area contributed by atoms with Gasteiger partial charge in [0.15, 0.2) is 0 Å². The Kier molecular flexibility index (Phi) is 5.42. The Morgan fingerprint density at radius 2 is 1.82 bits per heavy atom. The monoisotopic (exact) mass is 476 g/mol. The average molecular weight is 477 g/mol. The lowest BCUT2D eigenvalue weighted by atomic mass is 9.94. The zero-order valence-corrected chi connectivity index (χ0v) is 19.0. The van der Waals surface area contributed by atoms with Crippen molar-refractivity contribution in [3.8, 4) is 11.5 Å². The maximum Gasteiger partial charge on any atom is 0.300 e. The number of ketones is 1. The molecule has 0 bridgehead atoms. The van der Waals surface area contributed by atoms with Crippen molar-refractivity contribution in [2.24, 2.45) is 0 Å². The van der Waals surface area contributed by atoms with Crippen LogP contribution in [0.3, 0.4) is 0 Å². The Morgan fingerprint density at radius 3 is 2.56 bits per heavy atom. The molecular formula is C26H21ClN2O5. The highest BCUT2D eigenvalue weighted by Gasteiger charge is 2.47. The van der Waals surface area contributed by atoms with Crippen LogP contribution in [0.15, 0.2) is 72.3 Å². The number of aliphatic hydroxyl groups excluding tert-OH is 1. The highest BCUT2D eigenvalue weighted by atomic mass is 35.5.